The summed E-state index contributed by atoms with van der Waals surface area (Å²) in [5.41, 5.74) is 0.415. The van der Waals surface area contributed by atoms with Gasteiger partial charge in [0, 0.05) is 18.7 Å². The average molecular weight is 278 g/mol. The summed E-state index contributed by atoms with van der Waals surface area (Å²) in [6.07, 6.45) is 8.02. The van der Waals surface area contributed by atoms with Crippen molar-refractivity contribution in [3.05, 3.63) is 11.9 Å². The van der Waals surface area contributed by atoms with Crippen LogP contribution in [-0.2, 0) is 0 Å². The molecule has 1 aliphatic carbocycles. The van der Waals surface area contributed by atoms with Crippen molar-refractivity contribution in [2.45, 2.75) is 58.0 Å². The van der Waals surface area contributed by atoms with Crippen LogP contribution in [0.1, 0.15) is 51.0 Å². The van der Waals surface area contributed by atoms with Gasteiger partial charge in [-0.2, -0.15) is 0 Å². The minimum absolute atomic E-state index is 0.566. The lowest BCUT2D eigenvalue weighted by atomic mass is 9.94. The van der Waals surface area contributed by atoms with Crippen LogP contribution < -0.4 is 10.6 Å². The Morgan fingerprint density at radius 3 is 2.30 bits per heavy atom. The molecule has 1 aliphatic rings. The Labute approximate surface area is 121 Å². The third kappa shape index (κ3) is 3.82. The minimum atomic E-state index is -0.591. The van der Waals surface area contributed by atoms with Gasteiger partial charge in [-0.25, -0.2) is 9.97 Å². The third-order valence-corrected chi connectivity index (χ3v) is 4.05. The fourth-order valence-corrected chi connectivity index (χ4v) is 2.79. The smallest absolute Gasteiger partial charge is 0.134 e. The molecule has 1 aromatic heterocycles. The van der Waals surface area contributed by atoms with Gasteiger partial charge >= 0.3 is 0 Å². The molecule has 0 unspecified atom stereocenters. The second-order valence-electron chi connectivity index (χ2n) is 5.72. The molecule has 1 fully saturated rings. The van der Waals surface area contributed by atoms with Crippen LogP contribution in [0.2, 0.25) is 0 Å². The number of aliphatic hydroxyl groups is 1. The highest BCUT2D eigenvalue weighted by Crippen LogP contribution is 2.28. The van der Waals surface area contributed by atoms with E-state index in [-0.39, 0.29) is 0 Å². The van der Waals surface area contributed by atoms with Gasteiger partial charge in [0.05, 0.1) is 5.60 Å². The molecule has 2 rings (SSSR count). The predicted octanol–water partition coefficient (Wildman–Crippen LogP) is 2.71. The SMILES string of the molecule is CCNc1ncnc(NCC2(O)CCCCCC2)c1C. The summed E-state index contributed by atoms with van der Waals surface area (Å²) in [6.45, 7) is 5.44. The van der Waals surface area contributed by atoms with Crippen molar-refractivity contribution in [3.8, 4) is 0 Å². The van der Waals surface area contributed by atoms with Crippen LogP contribution in [0, 0.1) is 6.92 Å². The van der Waals surface area contributed by atoms with Gasteiger partial charge in [0.15, 0.2) is 0 Å². The van der Waals surface area contributed by atoms with E-state index >= 15 is 0 Å². The zero-order chi connectivity index (χ0) is 14.4. The first-order chi connectivity index (χ1) is 9.64. The molecule has 0 amide bonds. The van der Waals surface area contributed by atoms with Gasteiger partial charge in [0.2, 0.25) is 0 Å². The van der Waals surface area contributed by atoms with Crippen molar-refractivity contribution in [1.29, 1.82) is 0 Å². The Kier molecular flexibility index (Phi) is 5.17. The number of rotatable bonds is 5. The first-order valence-electron chi connectivity index (χ1n) is 7.66. The summed E-state index contributed by atoms with van der Waals surface area (Å²) in [4.78, 5) is 8.52. The van der Waals surface area contributed by atoms with E-state index in [2.05, 4.69) is 20.6 Å². The molecule has 112 valence electrons. The Morgan fingerprint density at radius 1 is 1.10 bits per heavy atom. The van der Waals surface area contributed by atoms with E-state index in [1.54, 1.807) is 6.33 Å². The molecule has 0 radical (unpaired) electrons. The quantitative estimate of drug-likeness (QED) is 0.722. The van der Waals surface area contributed by atoms with Crippen LogP contribution in [0.5, 0.6) is 0 Å². The van der Waals surface area contributed by atoms with Crippen LogP contribution in [0.4, 0.5) is 11.6 Å². The van der Waals surface area contributed by atoms with Crippen molar-refractivity contribution in [2.24, 2.45) is 0 Å². The van der Waals surface area contributed by atoms with Gasteiger partial charge < -0.3 is 15.7 Å². The van der Waals surface area contributed by atoms with E-state index in [9.17, 15) is 5.11 Å². The van der Waals surface area contributed by atoms with Crippen molar-refractivity contribution in [1.82, 2.24) is 9.97 Å². The van der Waals surface area contributed by atoms with Gasteiger partial charge in [0.25, 0.3) is 0 Å². The number of nitrogens with zero attached hydrogens (tertiary/aromatic N) is 2. The number of aromatic nitrogens is 2. The summed E-state index contributed by atoms with van der Waals surface area (Å²) < 4.78 is 0. The Bertz CT molecular complexity index is 428. The molecule has 1 aromatic rings. The second kappa shape index (κ2) is 6.88. The van der Waals surface area contributed by atoms with Crippen molar-refractivity contribution in [2.75, 3.05) is 23.7 Å². The van der Waals surface area contributed by atoms with Crippen molar-refractivity contribution < 1.29 is 5.11 Å². The van der Waals surface area contributed by atoms with Gasteiger partial charge in [-0.1, -0.05) is 25.7 Å². The number of nitrogens with one attached hydrogen (secondary N) is 2. The minimum Gasteiger partial charge on any atom is -0.388 e. The van der Waals surface area contributed by atoms with Gasteiger partial charge in [0.1, 0.15) is 18.0 Å². The topological polar surface area (TPSA) is 70.1 Å². The standard InChI is InChI=1S/C15H26N4O/c1-3-16-13-12(2)14(19-11-18-13)17-10-15(20)8-6-4-5-7-9-15/h11,20H,3-10H2,1-2H3,(H2,16,17,18,19). The lowest BCUT2D eigenvalue weighted by Crippen LogP contribution is -2.36. The molecule has 1 saturated carbocycles. The molecule has 0 bridgehead atoms. The number of hydrogen-bond donors (Lipinski definition) is 3. The fraction of sp³-hybridized carbons (Fsp3) is 0.733. The van der Waals surface area contributed by atoms with E-state index in [0.717, 1.165) is 49.4 Å². The van der Waals surface area contributed by atoms with Gasteiger partial charge in [-0.15, -0.1) is 0 Å². The first kappa shape index (κ1) is 15.0. The molecule has 1 heterocycles. The van der Waals surface area contributed by atoms with Gasteiger partial charge in [-0.3, -0.25) is 0 Å². The van der Waals surface area contributed by atoms with Crippen LogP contribution in [0.25, 0.3) is 0 Å². The molecule has 5 heteroatoms. The molecule has 0 aliphatic heterocycles. The molecule has 3 N–H and O–H groups in total. The highest BCUT2D eigenvalue weighted by molar-refractivity contribution is 5.56. The maximum Gasteiger partial charge on any atom is 0.134 e. The molecule has 0 aromatic carbocycles. The fourth-order valence-electron chi connectivity index (χ4n) is 2.79. The second-order valence-corrected chi connectivity index (χ2v) is 5.72. The summed E-state index contributed by atoms with van der Waals surface area (Å²) in [6, 6.07) is 0. The van der Waals surface area contributed by atoms with E-state index in [0.29, 0.717) is 6.54 Å². The zero-order valence-corrected chi connectivity index (χ0v) is 12.6. The average Bonchev–Trinajstić information content (AvgIpc) is 2.65. The van der Waals surface area contributed by atoms with E-state index in [4.69, 9.17) is 0 Å². The summed E-state index contributed by atoms with van der Waals surface area (Å²) >= 11 is 0. The molecule has 20 heavy (non-hydrogen) atoms. The Hall–Kier alpha value is -1.36. The molecular weight excluding hydrogens is 252 g/mol. The molecule has 0 atom stereocenters. The summed E-state index contributed by atoms with van der Waals surface area (Å²) in [5, 5.41) is 17.2. The normalized spacial score (nSPS) is 18.4. The summed E-state index contributed by atoms with van der Waals surface area (Å²) in [7, 11) is 0. The lowest BCUT2D eigenvalue weighted by molar-refractivity contribution is 0.0380. The van der Waals surface area contributed by atoms with E-state index < -0.39 is 5.60 Å². The van der Waals surface area contributed by atoms with Crippen molar-refractivity contribution in [3.63, 3.8) is 0 Å². The Morgan fingerprint density at radius 2 is 1.70 bits per heavy atom. The predicted molar refractivity (Wildman–Crippen MR) is 82.1 cm³/mol. The van der Waals surface area contributed by atoms with Gasteiger partial charge in [-0.05, 0) is 26.7 Å². The summed E-state index contributed by atoms with van der Waals surface area (Å²) in [5.74, 6) is 1.67. The van der Waals surface area contributed by atoms with Crippen LogP contribution >= 0.6 is 0 Å². The maximum atomic E-state index is 10.7. The number of anilines is 2. The molecule has 5 nitrogen and oxygen atoms in total. The largest absolute Gasteiger partial charge is 0.388 e. The lowest BCUT2D eigenvalue weighted by Gasteiger charge is -2.27. The van der Waals surface area contributed by atoms with Crippen LogP contribution in [-0.4, -0.2) is 33.8 Å². The molecule has 0 saturated heterocycles. The van der Waals surface area contributed by atoms with E-state index in [1.165, 1.54) is 12.8 Å². The first-order valence-corrected chi connectivity index (χ1v) is 7.66. The zero-order valence-electron chi connectivity index (χ0n) is 12.6. The van der Waals surface area contributed by atoms with Crippen molar-refractivity contribution >= 4 is 11.6 Å². The monoisotopic (exact) mass is 278 g/mol. The number of hydrogen-bond acceptors (Lipinski definition) is 5. The third-order valence-electron chi connectivity index (χ3n) is 4.05. The maximum absolute atomic E-state index is 10.7. The highest BCUT2D eigenvalue weighted by atomic mass is 16.3. The van der Waals surface area contributed by atoms with E-state index in [1.807, 2.05) is 13.8 Å². The van der Waals surface area contributed by atoms with Crippen LogP contribution in [0.3, 0.4) is 0 Å². The molecular formula is C15H26N4O. The molecule has 0 spiro atoms. The Balaban J connectivity index is 2.01. The van der Waals surface area contributed by atoms with Crippen LogP contribution in [0.15, 0.2) is 6.33 Å². The highest BCUT2D eigenvalue weighted by Gasteiger charge is 2.28.